The first-order chi connectivity index (χ1) is 16.5. The van der Waals surface area contributed by atoms with Crippen LogP contribution >= 0.6 is 11.3 Å². The molecule has 8 nitrogen and oxygen atoms in total. The van der Waals surface area contributed by atoms with Crippen molar-refractivity contribution in [1.82, 2.24) is 19.9 Å². The molecule has 0 saturated heterocycles. The van der Waals surface area contributed by atoms with Crippen molar-refractivity contribution in [3.05, 3.63) is 59.9 Å². The minimum absolute atomic E-state index is 0.315. The molecule has 190 valence electrons. The van der Waals surface area contributed by atoms with Gasteiger partial charge < -0.3 is 15.0 Å². The lowest BCUT2D eigenvalue weighted by atomic mass is 10.1. The number of likely N-dealkylation sites (N-methyl/N-ethyl adjacent to an activating group) is 1. The number of ether oxygens (including phenoxy) is 1. The van der Waals surface area contributed by atoms with Gasteiger partial charge in [-0.2, -0.15) is 0 Å². The average molecular weight is 519 g/mol. The Balaban J connectivity index is 1.35. The Bertz CT molecular complexity index is 1190. The van der Waals surface area contributed by atoms with Gasteiger partial charge >= 0.3 is 6.09 Å². The molecule has 0 aliphatic carbocycles. The van der Waals surface area contributed by atoms with Gasteiger partial charge in [-0.15, -0.1) is 11.3 Å². The van der Waals surface area contributed by atoms with E-state index in [1.54, 1.807) is 6.07 Å². The van der Waals surface area contributed by atoms with E-state index in [-0.39, 0.29) is 0 Å². The number of hydrogen-bond donors (Lipinski definition) is 2. The molecule has 35 heavy (non-hydrogen) atoms. The number of aryl methyl sites for hydroxylation is 1. The van der Waals surface area contributed by atoms with Crippen molar-refractivity contribution in [2.75, 3.05) is 26.7 Å². The summed E-state index contributed by atoms with van der Waals surface area (Å²) in [6.07, 6.45) is 3.16. The van der Waals surface area contributed by atoms with Gasteiger partial charge in [-0.1, -0.05) is 24.3 Å². The van der Waals surface area contributed by atoms with Gasteiger partial charge in [0.15, 0.2) is 0 Å². The second kappa shape index (κ2) is 11.9. The maximum absolute atomic E-state index is 12.6. The van der Waals surface area contributed by atoms with E-state index in [0.717, 1.165) is 40.7 Å². The van der Waals surface area contributed by atoms with Crippen molar-refractivity contribution in [1.29, 1.82) is 0 Å². The molecule has 2 heterocycles. The van der Waals surface area contributed by atoms with Crippen molar-refractivity contribution in [2.24, 2.45) is 0 Å². The molecule has 0 aliphatic rings. The highest BCUT2D eigenvalue weighted by Crippen LogP contribution is 2.28. The van der Waals surface area contributed by atoms with Crippen molar-refractivity contribution in [3.8, 4) is 0 Å². The van der Waals surface area contributed by atoms with E-state index in [1.807, 2.05) is 70.4 Å². The first-order valence-corrected chi connectivity index (χ1v) is 13.9. The van der Waals surface area contributed by atoms with Crippen LogP contribution in [0.25, 0.3) is 10.1 Å². The number of amides is 1. The molecule has 1 aromatic carbocycles. The fourth-order valence-corrected chi connectivity index (χ4v) is 5.84. The number of carbonyl (C=O) groups excluding carboxylic acids is 1. The molecule has 0 spiro atoms. The fourth-order valence-electron chi connectivity index (χ4n) is 3.38. The number of carbonyl (C=O) groups is 1. The van der Waals surface area contributed by atoms with Crippen LogP contribution in [0.4, 0.5) is 4.79 Å². The Kier molecular flexibility index (Phi) is 9.23. The lowest BCUT2D eigenvalue weighted by Gasteiger charge is -2.19. The normalized spacial score (nSPS) is 12.3. The molecule has 1 amide bonds. The summed E-state index contributed by atoms with van der Waals surface area (Å²) in [6, 6.07) is 13.3. The zero-order valence-electron chi connectivity index (χ0n) is 20.7. The van der Waals surface area contributed by atoms with Crippen LogP contribution in [0.1, 0.15) is 38.4 Å². The standard InChI is InChI=1S/C25H34N4O4S2/c1-25(2,3)33-24(30)27-18-21-12-11-19(17-26-21)8-7-14-29(4)15-13-28-35(31,32)23-16-20-9-5-6-10-22(20)34-23/h5-6,9-12,16-17,28H,7-8,13-15,18H2,1-4H3,(H,27,30). The van der Waals surface area contributed by atoms with Crippen LogP contribution in [0.15, 0.2) is 52.9 Å². The van der Waals surface area contributed by atoms with Crippen LogP contribution in [-0.4, -0.2) is 56.7 Å². The van der Waals surface area contributed by atoms with E-state index in [9.17, 15) is 13.2 Å². The maximum Gasteiger partial charge on any atom is 0.407 e. The number of benzene rings is 1. The van der Waals surface area contributed by atoms with Crippen molar-refractivity contribution < 1.29 is 17.9 Å². The zero-order chi connectivity index (χ0) is 25.5. The minimum Gasteiger partial charge on any atom is -0.444 e. The Morgan fingerprint density at radius 3 is 2.60 bits per heavy atom. The van der Waals surface area contributed by atoms with E-state index < -0.39 is 21.7 Å². The molecule has 0 aliphatic heterocycles. The third-order valence-corrected chi connectivity index (χ3v) is 8.21. The first kappa shape index (κ1) is 27.1. The predicted octanol–water partition coefficient (Wildman–Crippen LogP) is 4.16. The smallest absolute Gasteiger partial charge is 0.407 e. The number of hydrogen-bond acceptors (Lipinski definition) is 7. The van der Waals surface area contributed by atoms with Gasteiger partial charge in [0.25, 0.3) is 0 Å². The largest absolute Gasteiger partial charge is 0.444 e. The lowest BCUT2D eigenvalue weighted by Crippen LogP contribution is -2.33. The molecule has 0 atom stereocenters. The highest BCUT2D eigenvalue weighted by Gasteiger charge is 2.17. The van der Waals surface area contributed by atoms with Crippen LogP contribution in [-0.2, 0) is 27.7 Å². The molecular formula is C25H34N4O4S2. The van der Waals surface area contributed by atoms with E-state index in [0.29, 0.717) is 23.8 Å². The second-order valence-corrected chi connectivity index (χ2v) is 12.5. The number of nitrogens with one attached hydrogen (secondary N) is 2. The van der Waals surface area contributed by atoms with Gasteiger partial charge in [0.05, 0.1) is 12.2 Å². The van der Waals surface area contributed by atoms with Gasteiger partial charge in [0.1, 0.15) is 9.81 Å². The fraction of sp³-hybridized carbons (Fsp3) is 0.440. The Labute approximate surface area is 211 Å². The topological polar surface area (TPSA) is 101 Å². The van der Waals surface area contributed by atoms with Crippen LogP contribution in [0.3, 0.4) is 0 Å². The summed E-state index contributed by atoms with van der Waals surface area (Å²) < 4.78 is 34.4. The average Bonchev–Trinajstić information content (AvgIpc) is 3.23. The predicted molar refractivity (Wildman–Crippen MR) is 140 cm³/mol. The van der Waals surface area contributed by atoms with E-state index in [1.165, 1.54) is 11.3 Å². The Hall–Kier alpha value is -2.53. The number of fused-ring (bicyclic) bond motifs is 1. The number of alkyl carbamates (subject to hydrolysis) is 1. The number of aromatic nitrogens is 1. The molecule has 0 radical (unpaired) electrons. The second-order valence-electron chi connectivity index (χ2n) is 9.42. The third kappa shape index (κ3) is 8.88. The number of nitrogens with zero attached hydrogens (tertiary/aromatic N) is 2. The summed E-state index contributed by atoms with van der Waals surface area (Å²) in [5, 5.41) is 3.64. The number of sulfonamides is 1. The SMILES string of the molecule is CN(CCCc1ccc(CNC(=O)OC(C)(C)C)nc1)CCNS(=O)(=O)c1cc2ccccc2s1. The quantitative estimate of drug-likeness (QED) is 0.395. The maximum atomic E-state index is 12.6. The number of pyridine rings is 1. The van der Waals surface area contributed by atoms with Gasteiger partial charge in [0.2, 0.25) is 10.0 Å². The Morgan fingerprint density at radius 2 is 1.91 bits per heavy atom. The van der Waals surface area contributed by atoms with E-state index >= 15 is 0 Å². The molecule has 2 N–H and O–H groups in total. The molecule has 10 heteroatoms. The van der Waals surface area contributed by atoms with Gasteiger partial charge in [-0.05, 0) is 76.4 Å². The summed E-state index contributed by atoms with van der Waals surface area (Å²) in [7, 11) is -1.52. The summed E-state index contributed by atoms with van der Waals surface area (Å²) in [5.41, 5.74) is 1.35. The summed E-state index contributed by atoms with van der Waals surface area (Å²) in [5.74, 6) is 0. The minimum atomic E-state index is -3.51. The van der Waals surface area contributed by atoms with Gasteiger partial charge in [-0.25, -0.2) is 17.9 Å². The van der Waals surface area contributed by atoms with Crippen LogP contribution in [0, 0.1) is 0 Å². The molecule has 0 fully saturated rings. The number of rotatable bonds is 11. The highest BCUT2D eigenvalue weighted by molar-refractivity contribution is 7.91. The molecule has 3 aromatic rings. The molecular weight excluding hydrogens is 484 g/mol. The van der Waals surface area contributed by atoms with E-state index in [2.05, 4.69) is 19.9 Å². The first-order valence-electron chi connectivity index (χ1n) is 11.6. The highest BCUT2D eigenvalue weighted by atomic mass is 32.2. The van der Waals surface area contributed by atoms with Crippen molar-refractivity contribution >= 4 is 37.5 Å². The third-order valence-electron chi connectivity index (χ3n) is 5.16. The van der Waals surface area contributed by atoms with Crippen LogP contribution < -0.4 is 10.0 Å². The van der Waals surface area contributed by atoms with Crippen LogP contribution in [0.2, 0.25) is 0 Å². The summed E-state index contributed by atoms with van der Waals surface area (Å²) in [4.78, 5) is 18.3. The molecule has 3 rings (SSSR count). The molecule has 0 bridgehead atoms. The van der Waals surface area contributed by atoms with E-state index in [4.69, 9.17) is 4.74 Å². The van der Waals surface area contributed by atoms with Gasteiger partial charge in [0, 0.05) is 24.0 Å². The molecule has 0 unspecified atom stereocenters. The zero-order valence-corrected chi connectivity index (χ0v) is 22.3. The summed E-state index contributed by atoms with van der Waals surface area (Å²) in [6.45, 7) is 7.60. The molecule has 0 saturated carbocycles. The Morgan fingerprint density at radius 1 is 1.14 bits per heavy atom. The van der Waals surface area contributed by atoms with Gasteiger partial charge in [-0.3, -0.25) is 4.98 Å². The van der Waals surface area contributed by atoms with Crippen molar-refractivity contribution in [2.45, 2.75) is 50.0 Å². The summed E-state index contributed by atoms with van der Waals surface area (Å²) >= 11 is 1.28. The van der Waals surface area contributed by atoms with Crippen molar-refractivity contribution in [3.63, 3.8) is 0 Å². The number of thiophene rings is 1. The van der Waals surface area contributed by atoms with Crippen LogP contribution in [0.5, 0.6) is 0 Å². The molecule has 2 aromatic heterocycles. The monoisotopic (exact) mass is 518 g/mol. The lowest BCUT2D eigenvalue weighted by molar-refractivity contribution is 0.0523.